The number of ether oxygens (including phenoxy) is 1. The van der Waals surface area contributed by atoms with E-state index in [-0.39, 0.29) is 13.1 Å². The van der Waals surface area contributed by atoms with Crippen molar-refractivity contribution in [3.05, 3.63) is 29.3 Å². The predicted octanol–water partition coefficient (Wildman–Crippen LogP) is 5.34. The lowest BCUT2D eigenvalue weighted by Gasteiger charge is -2.46. The van der Waals surface area contributed by atoms with Crippen LogP contribution in [0.2, 0.25) is 0 Å². The number of rotatable bonds is 5. The Balaban J connectivity index is 1.18. The van der Waals surface area contributed by atoms with E-state index >= 15 is 0 Å². The van der Waals surface area contributed by atoms with E-state index in [4.69, 9.17) is 0 Å². The van der Waals surface area contributed by atoms with E-state index in [0.717, 1.165) is 48.0 Å². The molecule has 3 saturated heterocycles. The minimum Gasteiger partial charge on any atom is -0.426 e. The van der Waals surface area contributed by atoms with Crippen LogP contribution in [0, 0.1) is 6.92 Å². The number of benzene rings is 1. The largest absolute Gasteiger partial charge is 0.434 e. The molecule has 1 saturated carbocycles. The van der Waals surface area contributed by atoms with Gasteiger partial charge in [0.1, 0.15) is 0 Å². The summed E-state index contributed by atoms with van der Waals surface area (Å²) in [5, 5.41) is 0. The smallest absolute Gasteiger partial charge is 0.426 e. The molecule has 0 N–H and O–H groups in total. The van der Waals surface area contributed by atoms with Crippen molar-refractivity contribution < 1.29 is 35.9 Å². The van der Waals surface area contributed by atoms with E-state index in [1.807, 2.05) is 0 Å². The topological polar surface area (TPSA) is 39.3 Å². The van der Waals surface area contributed by atoms with Crippen molar-refractivity contribution >= 4 is 11.8 Å². The summed E-state index contributed by atoms with van der Waals surface area (Å²) in [5.41, 5.74) is 3.81. The van der Waals surface area contributed by atoms with Gasteiger partial charge in [0, 0.05) is 63.1 Å². The minimum atomic E-state index is -5.72. The van der Waals surface area contributed by atoms with Gasteiger partial charge in [0.25, 0.3) is 6.10 Å². The highest BCUT2D eigenvalue weighted by Gasteiger charge is 2.60. The fraction of sp³-hybridized carbons (Fsp3) is 0.741. The van der Waals surface area contributed by atoms with Crippen LogP contribution in [0.15, 0.2) is 18.2 Å². The second-order valence-electron chi connectivity index (χ2n) is 11.5. The maximum atomic E-state index is 12.8. The highest BCUT2D eigenvalue weighted by Crippen LogP contribution is 2.45. The number of anilines is 1. The van der Waals surface area contributed by atoms with Crippen LogP contribution in [0.5, 0.6) is 0 Å². The van der Waals surface area contributed by atoms with Crippen molar-refractivity contribution in [2.45, 2.75) is 82.0 Å². The lowest BCUT2D eigenvalue weighted by molar-refractivity contribution is -0.308. The van der Waals surface area contributed by atoms with Crippen molar-refractivity contribution in [3.8, 4) is 0 Å². The molecule has 3 heterocycles. The molecule has 0 atom stereocenters. The van der Waals surface area contributed by atoms with Gasteiger partial charge >= 0.3 is 18.4 Å². The van der Waals surface area contributed by atoms with Crippen molar-refractivity contribution in [3.63, 3.8) is 0 Å². The third kappa shape index (κ3) is 6.26. The average Bonchev–Trinajstić information content (AvgIpc) is 3.64. The van der Waals surface area contributed by atoms with E-state index in [1.165, 1.54) is 37.9 Å². The molecule has 39 heavy (non-hydrogen) atoms. The molecular formula is C27H36F6N4O2. The van der Waals surface area contributed by atoms with Gasteiger partial charge in [-0.2, -0.15) is 26.3 Å². The van der Waals surface area contributed by atoms with Gasteiger partial charge in [-0.05, 0) is 69.2 Å². The first-order valence-corrected chi connectivity index (χ1v) is 13.8. The highest BCUT2D eigenvalue weighted by molar-refractivity contribution is 5.68. The van der Waals surface area contributed by atoms with E-state index in [2.05, 4.69) is 44.6 Å². The van der Waals surface area contributed by atoms with Crippen LogP contribution < -0.4 is 4.90 Å². The zero-order valence-corrected chi connectivity index (χ0v) is 22.2. The number of hydrogen-bond donors (Lipinski definition) is 0. The van der Waals surface area contributed by atoms with Gasteiger partial charge in [0.15, 0.2) is 0 Å². The summed E-state index contributed by atoms with van der Waals surface area (Å²) < 4.78 is 80.5. The Morgan fingerprint density at radius 1 is 0.949 bits per heavy atom. The number of halogens is 6. The van der Waals surface area contributed by atoms with E-state index in [0.29, 0.717) is 25.2 Å². The number of hydrogen-bond acceptors (Lipinski definition) is 5. The maximum Gasteiger partial charge on any atom is 0.434 e. The van der Waals surface area contributed by atoms with E-state index in [9.17, 15) is 31.1 Å². The first kappa shape index (κ1) is 28.3. The van der Waals surface area contributed by atoms with Gasteiger partial charge < -0.3 is 14.5 Å². The van der Waals surface area contributed by atoms with Crippen molar-refractivity contribution in [1.29, 1.82) is 0 Å². The van der Waals surface area contributed by atoms with Gasteiger partial charge in [-0.25, -0.2) is 4.79 Å². The van der Waals surface area contributed by atoms with Crippen LogP contribution in [0.25, 0.3) is 0 Å². The van der Waals surface area contributed by atoms with Crippen LogP contribution in [-0.4, -0.2) is 96.6 Å². The van der Waals surface area contributed by atoms with Crippen molar-refractivity contribution in [1.82, 2.24) is 14.7 Å². The lowest BCUT2D eigenvalue weighted by atomic mass is 9.84. The van der Waals surface area contributed by atoms with Crippen molar-refractivity contribution in [2.24, 2.45) is 0 Å². The van der Waals surface area contributed by atoms with E-state index in [1.54, 1.807) is 0 Å². The molecule has 1 amide bonds. The number of carbonyl (C=O) groups excluding carboxylic acids is 1. The number of piperidine rings is 1. The standard InChI is InChI=1S/C27H36F6N4O2/c1-19-3-4-20(22(17-19)35-11-8-25(9-12-35)7-2-10-37(25)21-5-6-21)18-34-13-15-36(16-14-34)24(38)39-23(26(28,29)30)27(31,32)33/h3-4,17,21,23H,2,5-16,18H2,1H3. The fourth-order valence-electron chi connectivity index (χ4n) is 6.54. The zero-order chi connectivity index (χ0) is 28.0. The van der Waals surface area contributed by atoms with Crippen LogP contribution in [-0.2, 0) is 11.3 Å². The molecule has 4 fully saturated rings. The summed E-state index contributed by atoms with van der Waals surface area (Å²) in [5.74, 6) is 0. The number of likely N-dealkylation sites (tertiary alicyclic amines) is 1. The normalized spacial score (nSPS) is 23.2. The molecule has 6 nitrogen and oxygen atoms in total. The lowest BCUT2D eigenvalue weighted by Crippen LogP contribution is -2.53. The Labute approximate surface area is 224 Å². The van der Waals surface area contributed by atoms with Crippen LogP contribution in [0.4, 0.5) is 36.8 Å². The third-order valence-corrected chi connectivity index (χ3v) is 8.75. The Morgan fingerprint density at radius 2 is 1.59 bits per heavy atom. The molecule has 12 heteroatoms. The zero-order valence-electron chi connectivity index (χ0n) is 22.2. The molecule has 0 unspecified atom stereocenters. The summed E-state index contributed by atoms with van der Waals surface area (Å²) in [4.78, 5) is 20.3. The SMILES string of the molecule is Cc1ccc(CN2CCN(C(=O)OC(C(F)(F)F)C(F)(F)F)CC2)c(N2CCC3(CCCN3C3CC3)CC2)c1. The molecule has 0 bridgehead atoms. The fourth-order valence-corrected chi connectivity index (χ4v) is 6.54. The summed E-state index contributed by atoms with van der Waals surface area (Å²) in [6.07, 6.45) is -9.68. The average molecular weight is 563 g/mol. The minimum absolute atomic E-state index is 0.00824. The number of carbonyl (C=O) groups is 1. The summed E-state index contributed by atoms with van der Waals surface area (Å²) in [7, 11) is 0. The molecule has 3 aliphatic heterocycles. The van der Waals surface area contributed by atoms with Crippen LogP contribution in [0.1, 0.15) is 49.7 Å². The maximum absolute atomic E-state index is 12.8. The van der Waals surface area contributed by atoms with Gasteiger partial charge in [-0.15, -0.1) is 0 Å². The van der Waals surface area contributed by atoms with Crippen molar-refractivity contribution in [2.75, 3.05) is 50.7 Å². The monoisotopic (exact) mass is 562 g/mol. The van der Waals surface area contributed by atoms with Gasteiger partial charge in [0.05, 0.1) is 0 Å². The molecule has 5 rings (SSSR count). The summed E-state index contributed by atoms with van der Waals surface area (Å²) in [6.45, 7) is 6.46. The number of alkyl halides is 6. The van der Waals surface area contributed by atoms with E-state index < -0.39 is 24.5 Å². The highest BCUT2D eigenvalue weighted by atomic mass is 19.4. The number of amides is 1. The first-order valence-electron chi connectivity index (χ1n) is 13.8. The Bertz CT molecular complexity index is 1010. The van der Waals surface area contributed by atoms with Gasteiger partial charge in [-0.3, -0.25) is 9.80 Å². The summed E-state index contributed by atoms with van der Waals surface area (Å²) >= 11 is 0. The first-order chi connectivity index (χ1) is 18.4. The molecule has 0 radical (unpaired) electrons. The summed E-state index contributed by atoms with van der Waals surface area (Å²) in [6, 6.07) is 7.12. The molecular weight excluding hydrogens is 526 g/mol. The second kappa shape index (κ2) is 10.6. The molecule has 1 spiro atoms. The number of aryl methyl sites for hydroxylation is 1. The molecule has 1 aromatic carbocycles. The number of piperazine rings is 1. The second-order valence-corrected chi connectivity index (χ2v) is 11.5. The molecule has 4 aliphatic rings. The molecule has 1 aliphatic carbocycles. The van der Waals surface area contributed by atoms with Crippen LogP contribution >= 0.6 is 0 Å². The van der Waals surface area contributed by atoms with Gasteiger partial charge in [-0.1, -0.05) is 12.1 Å². The van der Waals surface area contributed by atoms with Gasteiger partial charge in [0.2, 0.25) is 0 Å². The Kier molecular flexibility index (Phi) is 7.73. The Hall–Kier alpha value is -2.21. The molecule has 0 aromatic heterocycles. The third-order valence-electron chi connectivity index (χ3n) is 8.75. The Morgan fingerprint density at radius 3 is 2.18 bits per heavy atom. The quantitative estimate of drug-likeness (QED) is 0.454. The predicted molar refractivity (Wildman–Crippen MR) is 134 cm³/mol. The molecule has 218 valence electrons. The van der Waals surface area contributed by atoms with Crippen LogP contribution in [0.3, 0.4) is 0 Å². The molecule has 1 aromatic rings. The number of nitrogens with zero attached hydrogens (tertiary/aromatic N) is 4.